The van der Waals surface area contributed by atoms with Gasteiger partial charge in [-0.2, -0.15) is 0 Å². The number of hydrogen-bond acceptors (Lipinski definition) is 9. The van der Waals surface area contributed by atoms with Crippen LogP contribution >= 0.6 is 10.8 Å². The SMILES string of the molecule is C=CC(=O)N(C)CC=C=C[C@@H]1C[C@]1(NC(=O)[C@@H]1CCCN1C(=O)CNC(=O)OCCC/C=C/c1ccc2cc[nH]c(=O)c2c1)C(=O)NS(O)(O)C1CC1. The second kappa shape index (κ2) is 17.1. The third-order valence-corrected chi connectivity index (χ3v) is 11.3. The Bertz CT molecular complexity index is 1900. The van der Waals surface area contributed by atoms with Gasteiger partial charge in [0.05, 0.1) is 11.9 Å². The summed E-state index contributed by atoms with van der Waals surface area (Å²) in [4.78, 5) is 81.6. The number of carbonyl (C=O) groups excluding carboxylic acids is 5. The molecule has 3 atom stereocenters. The molecule has 3 fully saturated rings. The number of likely N-dealkylation sites (N-methyl/N-ethyl adjacent to an activating group) is 1. The summed E-state index contributed by atoms with van der Waals surface area (Å²) < 4.78 is 28.5. The number of carbonyl (C=O) groups is 5. The highest BCUT2D eigenvalue weighted by Crippen LogP contribution is 2.54. The zero-order valence-corrected chi connectivity index (χ0v) is 30.4. The molecule has 284 valence electrons. The van der Waals surface area contributed by atoms with E-state index in [0.29, 0.717) is 43.9 Å². The van der Waals surface area contributed by atoms with Crippen molar-refractivity contribution in [2.45, 2.75) is 61.8 Å². The summed E-state index contributed by atoms with van der Waals surface area (Å²) in [6.45, 7) is 3.67. The molecule has 2 heterocycles. The van der Waals surface area contributed by atoms with E-state index in [9.17, 15) is 37.9 Å². The van der Waals surface area contributed by atoms with E-state index in [-0.39, 0.29) is 37.6 Å². The monoisotopic (exact) mass is 750 g/mol. The molecule has 1 saturated heterocycles. The highest BCUT2D eigenvalue weighted by molar-refractivity contribution is 8.23. The third kappa shape index (κ3) is 10.0. The minimum atomic E-state index is -3.40. The predicted molar refractivity (Wildman–Crippen MR) is 200 cm³/mol. The van der Waals surface area contributed by atoms with Crippen molar-refractivity contribution in [3.63, 3.8) is 0 Å². The number of aromatic amines is 1. The average Bonchev–Trinajstić information content (AvgIpc) is 4.06. The van der Waals surface area contributed by atoms with Gasteiger partial charge in [-0.15, -0.1) is 16.5 Å². The summed E-state index contributed by atoms with van der Waals surface area (Å²) in [5.74, 6) is -2.61. The number of pyridine rings is 1. The summed E-state index contributed by atoms with van der Waals surface area (Å²) in [5.41, 5.74) is 2.17. The third-order valence-electron chi connectivity index (χ3n) is 9.45. The number of alkyl carbamates (subject to hydrolysis) is 1. The van der Waals surface area contributed by atoms with Crippen LogP contribution in [0, 0.1) is 5.92 Å². The summed E-state index contributed by atoms with van der Waals surface area (Å²) >= 11 is 0. The number of benzene rings is 1. The van der Waals surface area contributed by atoms with E-state index >= 15 is 0 Å². The molecule has 1 aromatic carbocycles. The number of hydrogen-bond donors (Lipinski definition) is 6. The molecule has 53 heavy (non-hydrogen) atoms. The first-order chi connectivity index (χ1) is 25.3. The number of H-pyrrole nitrogens is 1. The number of nitrogens with zero attached hydrogens (tertiary/aromatic N) is 2. The van der Waals surface area contributed by atoms with Crippen molar-refractivity contribution in [3.8, 4) is 0 Å². The molecule has 5 rings (SSSR count). The second-order valence-corrected chi connectivity index (χ2v) is 15.4. The van der Waals surface area contributed by atoms with Gasteiger partial charge in [0.15, 0.2) is 0 Å². The Morgan fingerprint density at radius 3 is 2.74 bits per heavy atom. The van der Waals surface area contributed by atoms with Gasteiger partial charge >= 0.3 is 6.09 Å². The first kappa shape index (κ1) is 39.1. The van der Waals surface area contributed by atoms with Crippen molar-refractivity contribution in [3.05, 3.63) is 83.0 Å². The Hall–Kier alpha value is -5.15. The zero-order chi connectivity index (χ0) is 38.2. The van der Waals surface area contributed by atoms with Crippen molar-refractivity contribution in [2.75, 3.05) is 33.3 Å². The Morgan fingerprint density at radius 1 is 1.19 bits per heavy atom. The number of unbranched alkanes of at least 4 members (excludes halogenated alkanes) is 1. The van der Waals surface area contributed by atoms with Crippen LogP contribution in [0.1, 0.15) is 50.5 Å². The molecule has 2 aliphatic carbocycles. The van der Waals surface area contributed by atoms with Crippen molar-refractivity contribution < 1.29 is 37.8 Å². The smallest absolute Gasteiger partial charge is 0.407 e. The number of rotatable bonds is 16. The van der Waals surface area contributed by atoms with E-state index < -0.39 is 63.9 Å². The minimum Gasteiger partial charge on any atom is -0.450 e. The maximum absolute atomic E-state index is 13.6. The lowest BCUT2D eigenvalue weighted by molar-refractivity contribution is -0.139. The summed E-state index contributed by atoms with van der Waals surface area (Å²) in [7, 11) is -1.81. The first-order valence-electron chi connectivity index (χ1n) is 17.5. The molecule has 15 nitrogen and oxygen atoms in total. The summed E-state index contributed by atoms with van der Waals surface area (Å²) in [6, 6.07) is 6.52. The Labute approximate surface area is 308 Å². The fraction of sp³-hybridized carbons (Fsp3) is 0.432. The van der Waals surface area contributed by atoms with Crippen molar-refractivity contribution in [1.82, 2.24) is 30.1 Å². The lowest BCUT2D eigenvalue weighted by atomic mass is 10.1. The number of likely N-dealkylation sites (tertiary alicyclic amines) is 1. The molecule has 0 bridgehead atoms. The van der Waals surface area contributed by atoms with Gasteiger partial charge in [-0.25, -0.2) is 4.79 Å². The predicted octanol–water partition coefficient (Wildman–Crippen LogP) is 3.21. The quantitative estimate of drug-likeness (QED) is 0.0844. The van der Waals surface area contributed by atoms with Crippen molar-refractivity contribution in [2.24, 2.45) is 5.92 Å². The standard InChI is InChI=1S/C37H46N6O9S/c1-3-31(44)42(2)19-7-6-11-27-23-37(27,35(48)41-53(50,51)28-15-16-28)40-34(47)30-12-9-20-43(30)32(45)24-39-36(49)52-21-8-4-5-10-25-13-14-26-17-18-38-33(46)29(26)22-25/h3,5,7,10-11,13-14,17-18,22,27-28,30,50-51H,1,4,8-9,12,15-16,19-21,23-24H2,2H3,(H,38,46)(H,39,49)(H,40,47)(H,41,48)/b10-5+/t6?,27-,30+,37-/m1/s1. The molecular weight excluding hydrogens is 705 g/mol. The molecule has 3 aliphatic rings. The zero-order valence-electron chi connectivity index (χ0n) is 29.5. The fourth-order valence-corrected chi connectivity index (χ4v) is 7.52. The number of amides is 5. The number of ether oxygens (including phenoxy) is 1. The molecule has 1 aromatic heterocycles. The van der Waals surface area contributed by atoms with Crippen LogP contribution in [0.4, 0.5) is 4.79 Å². The summed E-state index contributed by atoms with van der Waals surface area (Å²) in [6.07, 6.45) is 12.3. The van der Waals surface area contributed by atoms with E-state index in [2.05, 4.69) is 32.6 Å². The highest BCUT2D eigenvalue weighted by atomic mass is 32.3. The van der Waals surface area contributed by atoms with E-state index in [4.69, 9.17) is 4.74 Å². The van der Waals surface area contributed by atoms with Crippen LogP contribution in [0.3, 0.4) is 0 Å². The lowest BCUT2D eigenvalue weighted by Gasteiger charge is -2.35. The van der Waals surface area contributed by atoms with Gasteiger partial charge in [0, 0.05) is 37.6 Å². The van der Waals surface area contributed by atoms with Crippen LogP contribution in [0.25, 0.3) is 16.8 Å². The van der Waals surface area contributed by atoms with Crippen LogP contribution in [0.5, 0.6) is 0 Å². The van der Waals surface area contributed by atoms with Crippen LogP contribution in [0.2, 0.25) is 0 Å². The topological polar surface area (TPSA) is 210 Å². The second-order valence-electron chi connectivity index (χ2n) is 13.4. The molecule has 6 N–H and O–H groups in total. The number of nitrogens with one attached hydrogen (secondary N) is 4. The Kier molecular flexibility index (Phi) is 12.6. The van der Waals surface area contributed by atoms with Crippen LogP contribution in [0.15, 0.2) is 71.9 Å². The van der Waals surface area contributed by atoms with Crippen molar-refractivity contribution in [1.29, 1.82) is 0 Å². The van der Waals surface area contributed by atoms with E-state index in [1.54, 1.807) is 31.5 Å². The largest absolute Gasteiger partial charge is 0.450 e. The van der Waals surface area contributed by atoms with Crippen LogP contribution in [-0.4, -0.2) is 104 Å². The van der Waals surface area contributed by atoms with Crippen molar-refractivity contribution >= 4 is 57.3 Å². The Balaban J connectivity index is 1.09. The van der Waals surface area contributed by atoms with E-state index in [1.165, 1.54) is 15.9 Å². The van der Waals surface area contributed by atoms with Gasteiger partial charge in [0.25, 0.3) is 11.5 Å². The molecule has 2 aromatic rings. The molecule has 2 saturated carbocycles. The number of fused-ring (bicyclic) bond motifs is 1. The minimum absolute atomic E-state index is 0.112. The van der Waals surface area contributed by atoms with Gasteiger partial charge in [-0.05, 0) is 86.3 Å². The molecule has 0 unspecified atom stereocenters. The molecule has 0 radical (unpaired) electrons. The number of aromatic nitrogens is 1. The maximum atomic E-state index is 13.6. The average molecular weight is 751 g/mol. The fourth-order valence-electron chi connectivity index (χ4n) is 6.11. The molecule has 16 heteroatoms. The Morgan fingerprint density at radius 2 is 1.98 bits per heavy atom. The van der Waals surface area contributed by atoms with Crippen LogP contribution in [-0.2, 0) is 23.9 Å². The molecule has 0 spiro atoms. The normalized spacial score (nSPS) is 20.9. The number of allylic oxidation sites excluding steroid dienone is 1. The van der Waals surface area contributed by atoms with Crippen LogP contribution < -0.4 is 20.9 Å². The van der Waals surface area contributed by atoms with E-state index in [1.807, 2.05) is 30.4 Å². The maximum Gasteiger partial charge on any atom is 0.407 e. The van der Waals surface area contributed by atoms with Gasteiger partial charge in [0.1, 0.15) is 18.1 Å². The van der Waals surface area contributed by atoms with E-state index in [0.717, 1.165) is 10.9 Å². The highest BCUT2D eigenvalue weighted by Gasteiger charge is 2.62. The molecule has 1 aliphatic heterocycles. The van der Waals surface area contributed by atoms with Gasteiger partial charge < -0.3 is 30.2 Å². The molecule has 5 amide bonds. The first-order valence-corrected chi connectivity index (χ1v) is 19.1. The van der Waals surface area contributed by atoms with Gasteiger partial charge in [-0.3, -0.25) is 37.8 Å². The summed E-state index contributed by atoms with van der Waals surface area (Å²) in [5, 5.41) is 6.23. The van der Waals surface area contributed by atoms with Gasteiger partial charge in [-0.1, -0.05) is 30.9 Å². The molecular formula is C37H46N6O9S. The van der Waals surface area contributed by atoms with Gasteiger partial charge in [0.2, 0.25) is 17.7 Å². The lowest BCUT2D eigenvalue weighted by Crippen LogP contribution is -2.56.